The number of esters is 1. The maximum atomic E-state index is 11.7. The average Bonchev–Trinajstić information content (AvgIpc) is 3.29. The molecule has 2 N–H and O–H groups in total. The minimum atomic E-state index is -0.0965. The summed E-state index contributed by atoms with van der Waals surface area (Å²) >= 11 is 0. The van der Waals surface area contributed by atoms with E-state index in [1.54, 1.807) is 13.3 Å². The lowest BCUT2D eigenvalue weighted by Crippen LogP contribution is -2.37. The van der Waals surface area contributed by atoms with Gasteiger partial charge >= 0.3 is 12.0 Å². The number of piperidine rings is 1. The lowest BCUT2D eigenvalue weighted by Gasteiger charge is -2.30. The van der Waals surface area contributed by atoms with Crippen LogP contribution in [0.2, 0.25) is 0 Å². The highest BCUT2D eigenvalue weighted by Gasteiger charge is 2.25. The summed E-state index contributed by atoms with van der Waals surface area (Å²) in [5.41, 5.74) is 8.06. The summed E-state index contributed by atoms with van der Waals surface area (Å²) in [6.45, 7) is 6.34. The highest BCUT2D eigenvalue weighted by molar-refractivity contribution is 5.83. The summed E-state index contributed by atoms with van der Waals surface area (Å²) in [6, 6.07) is 4.41. The van der Waals surface area contributed by atoms with Crippen LogP contribution in [0.15, 0.2) is 18.3 Å². The zero-order valence-corrected chi connectivity index (χ0v) is 22.4. The number of rotatable bonds is 13. The van der Waals surface area contributed by atoms with Gasteiger partial charge in [-0.25, -0.2) is 4.98 Å². The number of nitrogens with two attached hydrogens (primary N) is 1. The summed E-state index contributed by atoms with van der Waals surface area (Å²) < 4.78 is 23.7. The van der Waals surface area contributed by atoms with Crippen molar-refractivity contribution in [3.05, 3.63) is 23.9 Å². The molecule has 0 amide bonds. The van der Waals surface area contributed by atoms with Gasteiger partial charge in [-0.15, -0.1) is 0 Å². The maximum Gasteiger partial charge on any atom is 0.320 e. The van der Waals surface area contributed by atoms with Crippen molar-refractivity contribution in [2.45, 2.75) is 45.6 Å². The number of fused-ring (bicyclic) bond motifs is 1. The number of likely N-dealkylation sites (tertiary alicyclic amines) is 1. The molecule has 12 nitrogen and oxygen atoms in total. The van der Waals surface area contributed by atoms with Gasteiger partial charge in [0.15, 0.2) is 17.0 Å². The summed E-state index contributed by atoms with van der Waals surface area (Å²) in [6.07, 6.45) is 6.25. The van der Waals surface area contributed by atoms with Crippen LogP contribution >= 0.6 is 0 Å². The van der Waals surface area contributed by atoms with Crippen molar-refractivity contribution >= 4 is 23.0 Å². The van der Waals surface area contributed by atoms with Crippen LogP contribution in [0.5, 0.6) is 17.9 Å². The first-order valence-electron chi connectivity index (χ1n) is 13.1. The molecule has 0 atom stereocenters. The lowest BCUT2D eigenvalue weighted by molar-refractivity contribution is -0.147. The average molecular weight is 528 g/mol. The predicted molar refractivity (Wildman–Crippen MR) is 141 cm³/mol. The number of anilines is 1. The molecule has 3 aromatic rings. The molecule has 0 unspecified atom stereocenters. The summed E-state index contributed by atoms with van der Waals surface area (Å²) in [5, 5.41) is 0. The Hall–Kier alpha value is -3.67. The third kappa shape index (κ3) is 6.80. The molecule has 12 heteroatoms. The highest BCUT2D eigenvalue weighted by atomic mass is 16.5. The van der Waals surface area contributed by atoms with Gasteiger partial charge in [0.05, 0.1) is 39.9 Å². The van der Waals surface area contributed by atoms with Crippen molar-refractivity contribution in [3.8, 4) is 17.9 Å². The molecule has 4 heterocycles. The van der Waals surface area contributed by atoms with Gasteiger partial charge in [-0.1, -0.05) is 19.4 Å². The normalized spacial score (nSPS) is 14.5. The van der Waals surface area contributed by atoms with Crippen molar-refractivity contribution in [3.63, 3.8) is 0 Å². The Morgan fingerprint density at radius 3 is 2.55 bits per heavy atom. The van der Waals surface area contributed by atoms with E-state index in [0.717, 1.165) is 57.3 Å². The number of ether oxygens (including phenoxy) is 4. The first kappa shape index (κ1) is 27.4. The van der Waals surface area contributed by atoms with Crippen LogP contribution in [-0.2, 0) is 16.1 Å². The monoisotopic (exact) mass is 527 g/mol. The first-order chi connectivity index (χ1) is 18.5. The molecule has 1 saturated heterocycles. The van der Waals surface area contributed by atoms with Gasteiger partial charge < -0.3 is 29.6 Å². The smallest absolute Gasteiger partial charge is 0.320 e. The Bertz CT molecular complexity index is 1190. The van der Waals surface area contributed by atoms with Gasteiger partial charge in [0.2, 0.25) is 5.88 Å². The van der Waals surface area contributed by atoms with Crippen LogP contribution in [-0.4, -0.2) is 82.4 Å². The number of methoxy groups -OCH3 is 2. The molecule has 0 bridgehead atoms. The standard InChI is InChI=1S/C26H37N7O5/c1-4-5-14-38-25-30-22(27)21-23(31-25)33(26(29-21)36-3)17-18-7-8-20(28-16-18)37-15-6-11-32-12-9-19(10-13-32)24(34)35-2/h7-8,16,19H,4-6,9-15,17H2,1-3H3,(H2,27,30,31). The van der Waals surface area contributed by atoms with Gasteiger partial charge in [-0.05, 0) is 44.3 Å². The number of aromatic nitrogens is 5. The fourth-order valence-corrected chi connectivity index (χ4v) is 4.45. The molecule has 1 aliphatic heterocycles. The molecule has 1 fully saturated rings. The third-order valence-electron chi connectivity index (χ3n) is 6.61. The van der Waals surface area contributed by atoms with Crippen LogP contribution in [0.3, 0.4) is 0 Å². The fraction of sp³-hybridized carbons (Fsp3) is 0.577. The molecule has 206 valence electrons. The molecule has 4 rings (SSSR count). The highest BCUT2D eigenvalue weighted by Crippen LogP contribution is 2.26. The zero-order valence-electron chi connectivity index (χ0n) is 22.4. The Morgan fingerprint density at radius 2 is 1.87 bits per heavy atom. The van der Waals surface area contributed by atoms with Gasteiger partial charge in [-0.3, -0.25) is 9.36 Å². The predicted octanol–water partition coefficient (Wildman–Crippen LogP) is 2.69. The molecular formula is C26H37N7O5. The lowest BCUT2D eigenvalue weighted by atomic mass is 9.97. The van der Waals surface area contributed by atoms with E-state index in [1.807, 2.05) is 16.7 Å². The van der Waals surface area contributed by atoms with Gasteiger partial charge in [0, 0.05) is 18.8 Å². The second-order valence-corrected chi connectivity index (χ2v) is 9.30. The van der Waals surface area contributed by atoms with Gasteiger partial charge in [-0.2, -0.15) is 15.0 Å². The molecule has 0 radical (unpaired) electrons. The van der Waals surface area contributed by atoms with E-state index in [1.165, 1.54) is 7.11 Å². The minimum absolute atomic E-state index is 0.0291. The van der Waals surface area contributed by atoms with Crippen LogP contribution in [0.25, 0.3) is 11.2 Å². The van der Waals surface area contributed by atoms with E-state index >= 15 is 0 Å². The van der Waals surface area contributed by atoms with E-state index in [0.29, 0.717) is 42.8 Å². The summed E-state index contributed by atoms with van der Waals surface area (Å²) in [5.74, 6) is 0.745. The van der Waals surface area contributed by atoms with E-state index in [2.05, 4.69) is 31.8 Å². The Labute approximate surface area is 222 Å². The number of unbranched alkanes of at least 4 members (excludes halogenated alkanes) is 1. The van der Waals surface area contributed by atoms with Crippen molar-refractivity contribution in [2.75, 3.05) is 52.8 Å². The van der Waals surface area contributed by atoms with Crippen LogP contribution < -0.4 is 19.9 Å². The summed E-state index contributed by atoms with van der Waals surface area (Å²) in [7, 11) is 3.01. The van der Waals surface area contributed by atoms with E-state index in [9.17, 15) is 4.79 Å². The van der Waals surface area contributed by atoms with E-state index < -0.39 is 0 Å². The van der Waals surface area contributed by atoms with Gasteiger partial charge in [0.25, 0.3) is 6.01 Å². The number of nitrogens with zero attached hydrogens (tertiary/aromatic N) is 6. The SMILES string of the molecule is CCCCOc1nc(N)c2nc(OC)n(Cc3ccc(OCCCN4CCC(C(=O)OC)CC4)nc3)c2n1. The fourth-order valence-electron chi connectivity index (χ4n) is 4.45. The van der Waals surface area contributed by atoms with Crippen molar-refractivity contribution in [1.82, 2.24) is 29.4 Å². The van der Waals surface area contributed by atoms with E-state index in [4.69, 9.17) is 24.7 Å². The first-order valence-corrected chi connectivity index (χ1v) is 13.1. The van der Waals surface area contributed by atoms with Crippen LogP contribution in [0.1, 0.15) is 44.6 Å². The summed E-state index contributed by atoms with van der Waals surface area (Å²) in [4.78, 5) is 31.7. The maximum absolute atomic E-state index is 11.7. The minimum Gasteiger partial charge on any atom is -0.478 e. The molecule has 0 aliphatic carbocycles. The number of hydrogen-bond donors (Lipinski definition) is 1. The Balaban J connectivity index is 1.31. The Morgan fingerprint density at radius 1 is 1.08 bits per heavy atom. The van der Waals surface area contributed by atoms with Crippen molar-refractivity contribution in [2.24, 2.45) is 5.92 Å². The van der Waals surface area contributed by atoms with Crippen LogP contribution in [0.4, 0.5) is 5.82 Å². The molecule has 0 spiro atoms. The number of pyridine rings is 1. The molecule has 38 heavy (non-hydrogen) atoms. The zero-order chi connectivity index (χ0) is 26.9. The van der Waals surface area contributed by atoms with Gasteiger partial charge in [0.1, 0.15) is 0 Å². The third-order valence-corrected chi connectivity index (χ3v) is 6.61. The Kier molecular flexibility index (Phi) is 9.52. The van der Waals surface area contributed by atoms with Crippen molar-refractivity contribution in [1.29, 1.82) is 0 Å². The van der Waals surface area contributed by atoms with Crippen molar-refractivity contribution < 1.29 is 23.7 Å². The van der Waals surface area contributed by atoms with E-state index in [-0.39, 0.29) is 23.7 Å². The molecule has 0 saturated carbocycles. The molecule has 0 aromatic carbocycles. The number of imidazole rings is 1. The molecular weight excluding hydrogens is 490 g/mol. The second-order valence-electron chi connectivity index (χ2n) is 9.30. The quantitative estimate of drug-likeness (QED) is 0.259. The molecule has 1 aliphatic rings. The van der Waals surface area contributed by atoms with Crippen LogP contribution in [0, 0.1) is 5.92 Å². The number of carbonyl (C=O) groups excluding carboxylic acids is 1. The number of nitrogen functional groups attached to an aromatic ring is 1. The largest absolute Gasteiger partial charge is 0.478 e. The molecule has 3 aromatic heterocycles. The number of carbonyl (C=O) groups is 1. The second kappa shape index (κ2) is 13.2. The number of hydrogen-bond acceptors (Lipinski definition) is 11. The topological polar surface area (TPSA) is 140 Å².